The Morgan fingerprint density at radius 1 is 1.21 bits per heavy atom. The first-order valence-corrected chi connectivity index (χ1v) is 6.39. The number of pyridine rings is 1. The van der Waals surface area contributed by atoms with Crippen molar-refractivity contribution in [2.45, 2.75) is 20.1 Å². The van der Waals surface area contributed by atoms with Crippen LogP contribution in [0.15, 0.2) is 42.6 Å². The van der Waals surface area contributed by atoms with E-state index in [4.69, 9.17) is 10.5 Å². The third kappa shape index (κ3) is 3.96. The lowest BCUT2D eigenvalue weighted by atomic mass is 10.1. The van der Waals surface area contributed by atoms with Gasteiger partial charge in [0, 0.05) is 31.1 Å². The molecule has 2 rings (SSSR count). The van der Waals surface area contributed by atoms with Crippen molar-refractivity contribution in [1.29, 1.82) is 0 Å². The molecule has 1 aromatic heterocycles. The number of ether oxygens (including phenoxy) is 1. The number of nitrogens with two attached hydrogens (primary N) is 1. The molecule has 0 atom stereocenters. The number of aromatic nitrogens is 1. The molecule has 3 N–H and O–H groups in total. The van der Waals surface area contributed by atoms with Gasteiger partial charge in [0.25, 0.3) is 0 Å². The van der Waals surface area contributed by atoms with Gasteiger partial charge in [-0.3, -0.25) is 0 Å². The maximum absolute atomic E-state index is 5.72. The molecule has 0 saturated heterocycles. The maximum Gasteiger partial charge on any atom is 0.128 e. The van der Waals surface area contributed by atoms with Gasteiger partial charge in [0.05, 0.1) is 6.61 Å². The fourth-order valence-corrected chi connectivity index (χ4v) is 1.81. The van der Waals surface area contributed by atoms with Crippen molar-refractivity contribution >= 4 is 11.5 Å². The smallest absolute Gasteiger partial charge is 0.128 e. The zero-order valence-electron chi connectivity index (χ0n) is 11.1. The molecule has 0 amide bonds. The quantitative estimate of drug-likeness (QED) is 0.835. The van der Waals surface area contributed by atoms with Crippen LogP contribution in [0.1, 0.15) is 18.1 Å². The highest BCUT2D eigenvalue weighted by molar-refractivity contribution is 5.48. The molecule has 0 unspecified atom stereocenters. The molecule has 1 heterocycles. The van der Waals surface area contributed by atoms with E-state index in [0.29, 0.717) is 18.8 Å². The molecular formula is C15H19N3O. The van der Waals surface area contributed by atoms with Crippen LogP contribution in [-0.2, 0) is 17.9 Å². The Labute approximate surface area is 113 Å². The highest BCUT2D eigenvalue weighted by Gasteiger charge is 2.02. The molecular weight excluding hydrogens is 238 g/mol. The van der Waals surface area contributed by atoms with Crippen LogP contribution in [0.5, 0.6) is 0 Å². The number of rotatable bonds is 6. The number of benzene rings is 1. The number of anilines is 2. The normalized spacial score (nSPS) is 10.4. The molecule has 0 bridgehead atoms. The monoisotopic (exact) mass is 257 g/mol. The second kappa shape index (κ2) is 6.75. The summed E-state index contributed by atoms with van der Waals surface area (Å²) in [5.41, 5.74) is 8.84. The molecule has 0 fully saturated rings. The van der Waals surface area contributed by atoms with E-state index in [9.17, 15) is 0 Å². The summed E-state index contributed by atoms with van der Waals surface area (Å²) in [4.78, 5) is 4.22. The molecule has 1 aromatic carbocycles. The summed E-state index contributed by atoms with van der Waals surface area (Å²) in [7, 11) is 0. The molecule has 0 spiro atoms. The maximum atomic E-state index is 5.72. The van der Waals surface area contributed by atoms with Crippen molar-refractivity contribution in [2.24, 2.45) is 0 Å². The van der Waals surface area contributed by atoms with Crippen LogP contribution >= 0.6 is 0 Å². The summed E-state index contributed by atoms with van der Waals surface area (Å²) in [5.74, 6) is 0.784. The Balaban J connectivity index is 2.02. The van der Waals surface area contributed by atoms with Gasteiger partial charge in [0.1, 0.15) is 5.82 Å². The van der Waals surface area contributed by atoms with Crippen molar-refractivity contribution in [1.82, 2.24) is 4.98 Å². The molecule has 0 radical (unpaired) electrons. The van der Waals surface area contributed by atoms with Crippen molar-refractivity contribution in [3.8, 4) is 0 Å². The average molecular weight is 257 g/mol. The number of hydrogen-bond donors (Lipinski definition) is 2. The third-order valence-corrected chi connectivity index (χ3v) is 2.82. The van der Waals surface area contributed by atoms with E-state index < -0.39 is 0 Å². The predicted octanol–water partition coefficient (Wildman–Crippen LogP) is 2.81. The Morgan fingerprint density at radius 2 is 2.00 bits per heavy atom. The highest BCUT2D eigenvalue weighted by atomic mass is 16.5. The third-order valence-electron chi connectivity index (χ3n) is 2.82. The van der Waals surface area contributed by atoms with Crippen LogP contribution in [0.25, 0.3) is 0 Å². The minimum atomic E-state index is 0.638. The van der Waals surface area contributed by atoms with Crippen LogP contribution in [0.4, 0.5) is 11.5 Å². The van der Waals surface area contributed by atoms with E-state index in [1.165, 1.54) is 11.1 Å². The lowest BCUT2D eigenvalue weighted by Crippen LogP contribution is -2.05. The van der Waals surface area contributed by atoms with E-state index in [1.807, 2.05) is 25.1 Å². The molecule has 4 heteroatoms. The second-order valence-electron chi connectivity index (χ2n) is 4.23. The van der Waals surface area contributed by atoms with E-state index in [-0.39, 0.29) is 0 Å². The van der Waals surface area contributed by atoms with Crippen LogP contribution in [0.3, 0.4) is 0 Å². The molecule has 0 aliphatic carbocycles. The Bertz CT molecular complexity index is 528. The second-order valence-corrected chi connectivity index (χ2v) is 4.23. The summed E-state index contributed by atoms with van der Waals surface area (Å²) in [6, 6.07) is 11.8. The van der Waals surface area contributed by atoms with E-state index in [2.05, 4.69) is 22.4 Å². The van der Waals surface area contributed by atoms with Gasteiger partial charge in [0.15, 0.2) is 0 Å². The first kappa shape index (κ1) is 13.4. The minimum Gasteiger partial charge on any atom is -0.399 e. The van der Waals surface area contributed by atoms with Gasteiger partial charge < -0.3 is 15.8 Å². The number of nitrogens with one attached hydrogen (secondary N) is 1. The van der Waals surface area contributed by atoms with E-state index >= 15 is 0 Å². The van der Waals surface area contributed by atoms with E-state index in [1.54, 1.807) is 12.3 Å². The molecule has 0 aliphatic heterocycles. The summed E-state index contributed by atoms with van der Waals surface area (Å²) in [6.45, 7) is 4.06. The minimum absolute atomic E-state index is 0.638. The fraction of sp³-hybridized carbons (Fsp3) is 0.267. The SMILES string of the molecule is CCOCc1ccccc1CNc1cc(N)ccn1. The molecule has 0 aliphatic rings. The Kier molecular flexibility index (Phi) is 4.75. The molecule has 19 heavy (non-hydrogen) atoms. The lowest BCUT2D eigenvalue weighted by Gasteiger charge is -2.11. The Hall–Kier alpha value is -2.07. The van der Waals surface area contributed by atoms with Gasteiger partial charge >= 0.3 is 0 Å². The fourth-order valence-electron chi connectivity index (χ4n) is 1.81. The predicted molar refractivity (Wildman–Crippen MR) is 77.7 cm³/mol. The van der Waals surface area contributed by atoms with Crippen LogP contribution in [-0.4, -0.2) is 11.6 Å². The zero-order chi connectivity index (χ0) is 13.5. The topological polar surface area (TPSA) is 60.2 Å². The van der Waals surface area contributed by atoms with Gasteiger partial charge in [0.2, 0.25) is 0 Å². The van der Waals surface area contributed by atoms with Gasteiger partial charge in [-0.1, -0.05) is 24.3 Å². The Morgan fingerprint density at radius 3 is 2.74 bits per heavy atom. The lowest BCUT2D eigenvalue weighted by molar-refractivity contribution is 0.133. The van der Waals surface area contributed by atoms with Crippen molar-refractivity contribution in [3.05, 3.63) is 53.7 Å². The summed E-state index contributed by atoms with van der Waals surface area (Å²) >= 11 is 0. The van der Waals surface area contributed by atoms with Gasteiger partial charge in [-0.15, -0.1) is 0 Å². The van der Waals surface area contributed by atoms with Crippen LogP contribution in [0.2, 0.25) is 0 Å². The number of nitrogen functional groups attached to an aromatic ring is 1. The highest BCUT2D eigenvalue weighted by Crippen LogP contribution is 2.14. The van der Waals surface area contributed by atoms with Gasteiger partial charge in [-0.05, 0) is 24.1 Å². The molecule has 0 saturated carbocycles. The summed E-state index contributed by atoms with van der Waals surface area (Å²) < 4.78 is 5.47. The van der Waals surface area contributed by atoms with Gasteiger partial charge in [-0.25, -0.2) is 4.98 Å². The van der Waals surface area contributed by atoms with Gasteiger partial charge in [-0.2, -0.15) is 0 Å². The largest absolute Gasteiger partial charge is 0.399 e. The average Bonchev–Trinajstić information content (AvgIpc) is 2.44. The van der Waals surface area contributed by atoms with Crippen LogP contribution < -0.4 is 11.1 Å². The molecule has 4 nitrogen and oxygen atoms in total. The first-order chi connectivity index (χ1) is 9.29. The van der Waals surface area contributed by atoms with Crippen molar-refractivity contribution in [3.63, 3.8) is 0 Å². The van der Waals surface area contributed by atoms with Crippen molar-refractivity contribution < 1.29 is 4.74 Å². The molecule has 100 valence electrons. The summed E-state index contributed by atoms with van der Waals surface area (Å²) in [5, 5.41) is 3.27. The van der Waals surface area contributed by atoms with E-state index in [0.717, 1.165) is 12.4 Å². The standard InChI is InChI=1S/C15H19N3O/c1-2-19-11-13-6-4-3-5-12(13)10-18-15-9-14(16)7-8-17-15/h3-9H,2,10-11H2,1H3,(H3,16,17,18). The summed E-state index contributed by atoms with van der Waals surface area (Å²) in [6.07, 6.45) is 1.70. The number of hydrogen-bond acceptors (Lipinski definition) is 4. The van der Waals surface area contributed by atoms with Crippen molar-refractivity contribution in [2.75, 3.05) is 17.7 Å². The van der Waals surface area contributed by atoms with Crippen LogP contribution in [0, 0.1) is 0 Å². The molecule has 2 aromatic rings. The first-order valence-electron chi connectivity index (χ1n) is 6.39. The number of nitrogens with zero attached hydrogens (tertiary/aromatic N) is 1. The zero-order valence-corrected chi connectivity index (χ0v) is 11.1.